The number of carbonyl (C=O) groups excluding carboxylic acids is 4. The fraction of sp³-hybridized carbons (Fsp3) is 0.400. The number of nitrogens with one attached hydrogen (secondary N) is 2. The third kappa shape index (κ3) is 6.82. The highest BCUT2D eigenvalue weighted by molar-refractivity contribution is 5.94. The molecule has 0 aliphatic carbocycles. The van der Waals surface area contributed by atoms with Gasteiger partial charge >= 0.3 is 0 Å². The van der Waals surface area contributed by atoms with Crippen LogP contribution in [0.5, 0.6) is 0 Å². The molecule has 1 aliphatic rings. The standard InChI is InChI=1S/C30H37N7O5/c1-30(2,3)25(37-17-23(34-35-37)27(40)32-4)29(42)36-16-21(38)15-24(36)28(41)33-22(26(31)39)14-18-10-12-20(13-11-18)19-8-6-5-7-9-19/h5-13,17,21-22,24-25,38H,14-16H2,1-4H3,(H2,31,39)(H,32,40)(H,33,41)/t21-,22?,24+,25?/m1/s1. The summed E-state index contributed by atoms with van der Waals surface area (Å²) in [5, 5.41) is 23.5. The van der Waals surface area contributed by atoms with Crippen molar-refractivity contribution in [3.8, 4) is 11.1 Å². The SMILES string of the molecule is CNC(=O)c1cn(C(C(=O)N2C[C@H](O)C[C@H]2C(=O)NC(Cc2ccc(-c3ccccc3)cc2)C(N)=O)C(C)(C)C)nn1. The van der Waals surface area contributed by atoms with E-state index in [-0.39, 0.29) is 25.1 Å². The fourth-order valence-electron chi connectivity index (χ4n) is 5.17. The van der Waals surface area contributed by atoms with Crippen LogP contribution in [0.4, 0.5) is 0 Å². The summed E-state index contributed by atoms with van der Waals surface area (Å²) in [6, 6.07) is 14.5. The number of carbonyl (C=O) groups is 4. The number of rotatable bonds is 9. The molecule has 4 atom stereocenters. The van der Waals surface area contributed by atoms with Crippen molar-refractivity contribution in [1.29, 1.82) is 0 Å². The molecule has 222 valence electrons. The Morgan fingerprint density at radius 2 is 1.69 bits per heavy atom. The molecule has 12 heteroatoms. The maximum Gasteiger partial charge on any atom is 0.273 e. The molecule has 2 unspecified atom stereocenters. The first-order valence-electron chi connectivity index (χ1n) is 13.8. The summed E-state index contributed by atoms with van der Waals surface area (Å²) in [7, 11) is 1.46. The van der Waals surface area contributed by atoms with E-state index < -0.39 is 53.3 Å². The monoisotopic (exact) mass is 575 g/mol. The van der Waals surface area contributed by atoms with Crippen LogP contribution in [-0.2, 0) is 20.8 Å². The van der Waals surface area contributed by atoms with E-state index in [2.05, 4.69) is 20.9 Å². The number of β-amino-alcohol motifs (C(OH)–C–C–N with tert-alkyl or cyclic N) is 1. The zero-order valence-corrected chi connectivity index (χ0v) is 24.2. The van der Waals surface area contributed by atoms with Gasteiger partial charge in [-0.2, -0.15) is 0 Å². The molecule has 0 radical (unpaired) electrons. The number of aromatic nitrogens is 3. The van der Waals surface area contributed by atoms with Gasteiger partial charge in [-0.3, -0.25) is 19.2 Å². The first-order chi connectivity index (χ1) is 19.9. The molecule has 1 aliphatic heterocycles. The van der Waals surface area contributed by atoms with Crippen molar-refractivity contribution < 1.29 is 24.3 Å². The Kier molecular flexibility index (Phi) is 9.05. The number of primary amides is 1. The summed E-state index contributed by atoms with van der Waals surface area (Å²) in [5.41, 5.74) is 7.86. The van der Waals surface area contributed by atoms with Gasteiger partial charge in [0.05, 0.1) is 12.3 Å². The number of benzene rings is 2. The molecule has 12 nitrogen and oxygen atoms in total. The van der Waals surface area contributed by atoms with Gasteiger partial charge in [-0.15, -0.1) is 5.10 Å². The van der Waals surface area contributed by atoms with Gasteiger partial charge in [0.1, 0.15) is 18.1 Å². The second kappa shape index (κ2) is 12.5. The summed E-state index contributed by atoms with van der Waals surface area (Å²) in [5.74, 6) is -2.24. The van der Waals surface area contributed by atoms with Gasteiger partial charge in [0.2, 0.25) is 17.7 Å². The van der Waals surface area contributed by atoms with E-state index in [0.29, 0.717) is 0 Å². The predicted octanol–water partition coefficient (Wildman–Crippen LogP) is 1.07. The lowest BCUT2D eigenvalue weighted by molar-refractivity contribution is -0.144. The van der Waals surface area contributed by atoms with E-state index in [1.165, 1.54) is 22.8 Å². The lowest BCUT2D eigenvalue weighted by atomic mass is 9.85. The van der Waals surface area contributed by atoms with Crippen molar-refractivity contribution in [2.45, 2.75) is 57.8 Å². The van der Waals surface area contributed by atoms with Crippen LogP contribution in [0.15, 0.2) is 60.8 Å². The van der Waals surface area contributed by atoms with Crippen LogP contribution in [0.2, 0.25) is 0 Å². The summed E-state index contributed by atoms with van der Waals surface area (Å²) in [4.78, 5) is 53.1. The Bertz CT molecular complexity index is 1430. The molecule has 3 aromatic rings. The van der Waals surface area contributed by atoms with Gasteiger partial charge in [-0.1, -0.05) is 80.6 Å². The fourth-order valence-corrected chi connectivity index (χ4v) is 5.17. The van der Waals surface area contributed by atoms with Gasteiger partial charge in [0.25, 0.3) is 5.91 Å². The van der Waals surface area contributed by atoms with E-state index >= 15 is 0 Å². The third-order valence-electron chi connectivity index (χ3n) is 7.31. The predicted molar refractivity (Wildman–Crippen MR) is 155 cm³/mol. The van der Waals surface area contributed by atoms with Crippen molar-refractivity contribution in [2.75, 3.05) is 13.6 Å². The molecular formula is C30H37N7O5. The summed E-state index contributed by atoms with van der Waals surface area (Å²) >= 11 is 0. The van der Waals surface area contributed by atoms with E-state index in [1.807, 2.05) is 75.4 Å². The van der Waals surface area contributed by atoms with Crippen LogP contribution >= 0.6 is 0 Å². The van der Waals surface area contributed by atoms with Gasteiger partial charge in [0, 0.05) is 26.4 Å². The zero-order chi connectivity index (χ0) is 30.6. The Morgan fingerprint density at radius 3 is 2.29 bits per heavy atom. The minimum absolute atomic E-state index is 0.00740. The summed E-state index contributed by atoms with van der Waals surface area (Å²) < 4.78 is 1.30. The van der Waals surface area contributed by atoms with Crippen LogP contribution in [0.3, 0.4) is 0 Å². The van der Waals surface area contributed by atoms with Gasteiger partial charge in [0.15, 0.2) is 5.69 Å². The number of amides is 4. The number of hydrogen-bond donors (Lipinski definition) is 4. The number of nitrogens with two attached hydrogens (primary N) is 1. The normalized spacial score (nSPS) is 18.3. The number of hydrogen-bond acceptors (Lipinski definition) is 7. The first-order valence-corrected chi connectivity index (χ1v) is 13.8. The topological polar surface area (TPSA) is 173 Å². The highest BCUT2D eigenvalue weighted by atomic mass is 16.3. The molecule has 0 spiro atoms. The molecule has 2 aromatic carbocycles. The molecule has 4 amide bonds. The molecule has 2 heterocycles. The lowest BCUT2D eigenvalue weighted by Crippen LogP contribution is -2.54. The highest BCUT2D eigenvalue weighted by Gasteiger charge is 2.45. The maximum absolute atomic E-state index is 13.9. The number of nitrogens with zero attached hydrogens (tertiary/aromatic N) is 4. The van der Waals surface area contributed by atoms with Crippen LogP contribution in [0.25, 0.3) is 11.1 Å². The molecule has 4 rings (SSSR count). The molecule has 1 saturated heterocycles. The number of likely N-dealkylation sites (tertiary alicyclic amines) is 1. The molecule has 1 fully saturated rings. The second-order valence-corrected chi connectivity index (χ2v) is 11.6. The van der Waals surface area contributed by atoms with Crippen LogP contribution < -0.4 is 16.4 Å². The third-order valence-corrected chi connectivity index (χ3v) is 7.31. The Labute approximate surface area is 244 Å². The molecule has 1 aromatic heterocycles. The molecular weight excluding hydrogens is 538 g/mol. The van der Waals surface area contributed by atoms with E-state index in [0.717, 1.165) is 16.7 Å². The number of aliphatic hydroxyl groups is 1. The Morgan fingerprint density at radius 1 is 1.05 bits per heavy atom. The largest absolute Gasteiger partial charge is 0.391 e. The molecule has 5 N–H and O–H groups in total. The second-order valence-electron chi connectivity index (χ2n) is 11.6. The molecule has 42 heavy (non-hydrogen) atoms. The van der Waals surface area contributed by atoms with Gasteiger partial charge in [-0.05, 0) is 22.1 Å². The van der Waals surface area contributed by atoms with Crippen LogP contribution in [0.1, 0.15) is 49.3 Å². The average Bonchev–Trinajstić information content (AvgIpc) is 3.59. The van der Waals surface area contributed by atoms with Gasteiger partial charge < -0.3 is 26.4 Å². The van der Waals surface area contributed by atoms with Crippen LogP contribution in [0, 0.1) is 5.41 Å². The van der Waals surface area contributed by atoms with Crippen LogP contribution in [-0.4, -0.2) is 80.4 Å². The summed E-state index contributed by atoms with van der Waals surface area (Å²) in [6.07, 6.45) is 0.582. The highest BCUT2D eigenvalue weighted by Crippen LogP contribution is 2.34. The van der Waals surface area contributed by atoms with E-state index in [4.69, 9.17) is 5.73 Å². The minimum atomic E-state index is -1.04. The Balaban J connectivity index is 1.51. The van der Waals surface area contributed by atoms with E-state index in [1.54, 1.807) is 0 Å². The first kappa shape index (κ1) is 30.4. The quantitative estimate of drug-likeness (QED) is 0.295. The van der Waals surface area contributed by atoms with E-state index in [9.17, 15) is 24.3 Å². The van der Waals surface area contributed by atoms with Crippen molar-refractivity contribution in [3.63, 3.8) is 0 Å². The van der Waals surface area contributed by atoms with Crippen molar-refractivity contribution in [3.05, 3.63) is 72.1 Å². The average molecular weight is 576 g/mol. The molecule has 0 saturated carbocycles. The van der Waals surface area contributed by atoms with Crippen molar-refractivity contribution >= 4 is 23.6 Å². The smallest absolute Gasteiger partial charge is 0.273 e. The van der Waals surface area contributed by atoms with Crippen molar-refractivity contribution in [1.82, 2.24) is 30.5 Å². The number of aliphatic hydroxyl groups excluding tert-OH is 1. The maximum atomic E-state index is 13.9. The summed E-state index contributed by atoms with van der Waals surface area (Å²) in [6.45, 7) is 5.39. The van der Waals surface area contributed by atoms with Crippen molar-refractivity contribution in [2.24, 2.45) is 11.1 Å². The Hall–Kier alpha value is -4.58. The van der Waals surface area contributed by atoms with Gasteiger partial charge in [-0.25, -0.2) is 4.68 Å². The minimum Gasteiger partial charge on any atom is -0.391 e. The lowest BCUT2D eigenvalue weighted by Gasteiger charge is -2.34. The molecule has 0 bridgehead atoms. The zero-order valence-electron chi connectivity index (χ0n) is 24.2.